The fourth-order valence-electron chi connectivity index (χ4n) is 3.54. The monoisotopic (exact) mass is 410 g/mol. The van der Waals surface area contributed by atoms with Crippen LogP contribution in [0.1, 0.15) is 17.5 Å². The molecule has 4 aromatic rings. The first-order valence-electron chi connectivity index (χ1n) is 9.81. The van der Waals surface area contributed by atoms with Crippen LogP contribution in [0.2, 0.25) is 0 Å². The van der Waals surface area contributed by atoms with Gasteiger partial charge in [-0.3, -0.25) is 9.67 Å². The van der Waals surface area contributed by atoms with Crippen molar-refractivity contribution in [2.24, 2.45) is 7.05 Å². The highest BCUT2D eigenvalue weighted by atomic mass is 16.5. The first-order valence-corrected chi connectivity index (χ1v) is 9.81. The Kier molecular flexibility index (Phi) is 5.67. The Balaban J connectivity index is 1.84. The van der Waals surface area contributed by atoms with E-state index in [1.165, 1.54) is 0 Å². The quantitative estimate of drug-likeness (QED) is 0.447. The van der Waals surface area contributed by atoms with Gasteiger partial charge in [-0.05, 0) is 47.0 Å². The average Bonchev–Trinajstić information content (AvgIpc) is 3.24. The first kappa shape index (κ1) is 20.2. The second kappa shape index (κ2) is 8.72. The Morgan fingerprint density at radius 1 is 1.00 bits per heavy atom. The van der Waals surface area contributed by atoms with Crippen LogP contribution in [-0.2, 0) is 7.05 Å². The molecule has 0 spiro atoms. The summed E-state index contributed by atoms with van der Waals surface area (Å²) in [5, 5.41) is 14.4. The van der Waals surface area contributed by atoms with E-state index < -0.39 is 0 Å². The predicted octanol–water partition coefficient (Wildman–Crippen LogP) is 5.00. The van der Waals surface area contributed by atoms with Crippen LogP contribution in [0.3, 0.4) is 0 Å². The fourth-order valence-corrected chi connectivity index (χ4v) is 3.54. The number of hydrogen-bond donors (Lipinski definition) is 0. The van der Waals surface area contributed by atoms with E-state index in [-0.39, 0.29) is 0 Å². The molecule has 0 fully saturated rings. The smallest absolute Gasteiger partial charge is 0.123 e. The van der Waals surface area contributed by atoms with Crippen molar-refractivity contribution in [1.29, 1.82) is 5.26 Å². The number of hydrogen-bond acceptors (Lipinski definition) is 5. The zero-order valence-corrected chi connectivity index (χ0v) is 17.7. The third-order valence-corrected chi connectivity index (χ3v) is 5.09. The molecule has 0 amide bonds. The molecule has 0 saturated heterocycles. The minimum absolute atomic E-state index is 0.293. The van der Waals surface area contributed by atoms with Gasteiger partial charge < -0.3 is 9.47 Å². The van der Waals surface area contributed by atoms with E-state index in [0.29, 0.717) is 17.9 Å². The van der Waals surface area contributed by atoms with Crippen molar-refractivity contribution in [1.82, 2.24) is 14.8 Å². The van der Waals surface area contributed by atoms with Gasteiger partial charge in [0.1, 0.15) is 11.5 Å². The van der Waals surface area contributed by atoms with Gasteiger partial charge in [0.05, 0.1) is 38.4 Å². The van der Waals surface area contributed by atoms with Gasteiger partial charge in [0.25, 0.3) is 0 Å². The van der Waals surface area contributed by atoms with Gasteiger partial charge in [0.2, 0.25) is 0 Å². The van der Waals surface area contributed by atoms with Crippen LogP contribution < -0.4 is 9.47 Å². The number of ether oxygens (including phenoxy) is 2. The molecule has 6 nitrogen and oxygen atoms in total. The maximum atomic E-state index is 9.18. The predicted molar refractivity (Wildman–Crippen MR) is 121 cm³/mol. The minimum atomic E-state index is 0.293. The third-order valence-electron chi connectivity index (χ3n) is 5.09. The largest absolute Gasteiger partial charge is 0.497 e. The van der Waals surface area contributed by atoms with Crippen LogP contribution in [0, 0.1) is 11.3 Å². The van der Waals surface area contributed by atoms with Gasteiger partial charge in [0.15, 0.2) is 0 Å². The second-order valence-corrected chi connectivity index (χ2v) is 7.12. The van der Waals surface area contributed by atoms with Crippen molar-refractivity contribution in [2.75, 3.05) is 14.2 Å². The number of nitriles is 1. The number of fused-ring (bicyclic) bond motifs is 1. The number of rotatable bonds is 6. The summed E-state index contributed by atoms with van der Waals surface area (Å²) in [4.78, 5) is 4.61. The average molecular weight is 410 g/mol. The Morgan fingerprint density at radius 2 is 1.77 bits per heavy atom. The van der Waals surface area contributed by atoms with Crippen molar-refractivity contribution in [3.8, 4) is 28.7 Å². The molecule has 154 valence electrons. The van der Waals surface area contributed by atoms with Gasteiger partial charge in [-0.1, -0.05) is 12.1 Å². The number of benzene rings is 2. The van der Waals surface area contributed by atoms with Gasteiger partial charge >= 0.3 is 0 Å². The Bertz CT molecular complexity index is 1290. The molecule has 4 rings (SSSR count). The van der Waals surface area contributed by atoms with Crippen LogP contribution in [0.25, 0.3) is 27.6 Å². The molecular weight excluding hydrogens is 388 g/mol. The number of methoxy groups -OCH3 is 2. The molecule has 0 unspecified atom stereocenters. The second-order valence-electron chi connectivity index (χ2n) is 7.12. The molecule has 0 bridgehead atoms. The van der Waals surface area contributed by atoms with E-state index in [9.17, 15) is 5.26 Å². The fraction of sp³-hybridized carbons (Fsp3) is 0.160. The summed E-state index contributed by atoms with van der Waals surface area (Å²) in [5.74, 6) is 1.39. The Labute approximate surface area is 181 Å². The SMILES string of the molecule is COc1cc(OC)cc(/C(=C/CC#N)c2ccc3ncc(-c4cnn(C)c4)cc3c2)c1. The highest BCUT2D eigenvalue weighted by Crippen LogP contribution is 2.33. The van der Waals surface area contributed by atoms with E-state index in [4.69, 9.17) is 9.47 Å². The molecule has 0 aliphatic carbocycles. The molecule has 0 saturated carbocycles. The van der Waals surface area contributed by atoms with E-state index in [2.05, 4.69) is 28.3 Å². The van der Waals surface area contributed by atoms with Crippen molar-refractivity contribution in [3.05, 3.63) is 78.3 Å². The molecule has 0 aliphatic rings. The summed E-state index contributed by atoms with van der Waals surface area (Å²) in [7, 11) is 5.14. The third kappa shape index (κ3) is 4.26. The van der Waals surface area contributed by atoms with Crippen LogP contribution in [0.15, 0.2) is 67.1 Å². The Hall–Kier alpha value is -4.11. The van der Waals surface area contributed by atoms with E-state index in [0.717, 1.165) is 38.7 Å². The van der Waals surface area contributed by atoms with Crippen molar-refractivity contribution in [3.63, 3.8) is 0 Å². The molecule has 0 N–H and O–H groups in total. The molecule has 0 aliphatic heterocycles. The summed E-state index contributed by atoms with van der Waals surface area (Å²) < 4.78 is 12.6. The number of aromatic nitrogens is 3. The number of aryl methyl sites for hydroxylation is 1. The van der Waals surface area contributed by atoms with Crippen molar-refractivity contribution >= 4 is 16.5 Å². The van der Waals surface area contributed by atoms with Crippen LogP contribution in [0.5, 0.6) is 11.5 Å². The molecule has 0 atom stereocenters. The molecule has 6 heteroatoms. The van der Waals surface area contributed by atoms with E-state index >= 15 is 0 Å². The number of nitrogens with zero attached hydrogens (tertiary/aromatic N) is 4. The zero-order valence-electron chi connectivity index (χ0n) is 17.7. The van der Waals surface area contributed by atoms with Crippen LogP contribution in [-0.4, -0.2) is 29.0 Å². The molecular formula is C25H22N4O2. The van der Waals surface area contributed by atoms with Crippen molar-refractivity contribution < 1.29 is 9.47 Å². The number of allylic oxidation sites excluding steroid dienone is 1. The summed E-state index contributed by atoms with van der Waals surface area (Å²) in [6.07, 6.45) is 7.87. The lowest BCUT2D eigenvalue weighted by atomic mass is 9.95. The van der Waals surface area contributed by atoms with Crippen molar-refractivity contribution in [2.45, 2.75) is 6.42 Å². The normalized spacial score (nSPS) is 11.4. The number of pyridine rings is 1. The summed E-state index contributed by atoms with van der Waals surface area (Å²) in [6.45, 7) is 0. The zero-order chi connectivity index (χ0) is 21.8. The van der Waals surface area contributed by atoms with Gasteiger partial charge in [0, 0.05) is 42.0 Å². The lowest BCUT2D eigenvalue weighted by molar-refractivity contribution is 0.394. The molecule has 2 heterocycles. The van der Waals surface area contributed by atoms with Gasteiger partial charge in [-0.2, -0.15) is 10.4 Å². The summed E-state index contributed by atoms with van der Waals surface area (Å²) >= 11 is 0. The van der Waals surface area contributed by atoms with E-state index in [1.54, 1.807) is 18.9 Å². The maximum absolute atomic E-state index is 9.18. The molecule has 2 aromatic heterocycles. The van der Waals surface area contributed by atoms with E-state index in [1.807, 2.05) is 62.0 Å². The summed E-state index contributed by atoms with van der Waals surface area (Å²) in [6, 6.07) is 16.1. The highest BCUT2D eigenvalue weighted by Gasteiger charge is 2.11. The van der Waals surface area contributed by atoms with Crippen LogP contribution in [0.4, 0.5) is 0 Å². The molecule has 0 radical (unpaired) electrons. The highest BCUT2D eigenvalue weighted by molar-refractivity contribution is 5.90. The topological polar surface area (TPSA) is 73.0 Å². The minimum Gasteiger partial charge on any atom is -0.497 e. The Morgan fingerprint density at radius 3 is 2.42 bits per heavy atom. The lowest BCUT2D eigenvalue weighted by Gasteiger charge is -2.13. The standard InChI is InChI=1S/C25H22N4O2/c1-29-16-21(15-28-29)20-10-19-9-17(6-7-25(19)27-14-20)24(5-4-8-26)18-11-22(30-2)13-23(12-18)31-3/h5-7,9-16H,4H2,1-3H3/b24-5+. The van der Waals surface area contributed by atoms with Gasteiger partial charge in [-0.15, -0.1) is 0 Å². The molecule has 31 heavy (non-hydrogen) atoms. The lowest BCUT2D eigenvalue weighted by Crippen LogP contribution is -1.94. The van der Waals surface area contributed by atoms with Gasteiger partial charge in [-0.25, -0.2) is 0 Å². The maximum Gasteiger partial charge on any atom is 0.123 e. The molecule has 2 aromatic carbocycles. The van der Waals surface area contributed by atoms with Crippen LogP contribution >= 0.6 is 0 Å². The first-order chi connectivity index (χ1) is 15.1. The summed E-state index contributed by atoms with van der Waals surface area (Å²) in [5.41, 5.74) is 5.76.